The summed E-state index contributed by atoms with van der Waals surface area (Å²) in [4.78, 5) is 14.0. The van der Waals surface area contributed by atoms with Crippen LogP contribution in [0.5, 0.6) is 0 Å². The number of aryl methyl sites for hydroxylation is 1. The highest BCUT2D eigenvalue weighted by Gasteiger charge is 2.21. The number of nitrogens with zero attached hydrogens (tertiary/aromatic N) is 1. The van der Waals surface area contributed by atoms with Gasteiger partial charge in [0.1, 0.15) is 0 Å². The fraction of sp³-hybridized carbons (Fsp3) is 0.400. The second-order valence-electron chi connectivity index (χ2n) is 5.03. The number of hydrogen-bond donors (Lipinski definition) is 1. The van der Waals surface area contributed by atoms with Crippen LogP contribution in [0.15, 0.2) is 36.5 Å². The number of urea groups is 1. The maximum atomic E-state index is 12.1. The maximum Gasteiger partial charge on any atom is 0.325 e. The molecule has 0 saturated heterocycles. The lowest BCUT2D eigenvalue weighted by Gasteiger charge is -2.28. The molecule has 0 spiro atoms. The molecule has 94 valence electrons. The molecule has 3 nitrogen and oxygen atoms in total. The van der Waals surface area contributed by atoms with Gasteiger partial charge in [0.2, 0.25) is 0 Å². The predicted molar refractivity (Wildman–Crippen MR) is 72.5 cm³/mol. The van der Waals surface area contributed by atoms with Gasteiger partial charge in [-0.3, -0.25) is 4.90 Å². The first-order valence-electron chi connectivity index (χ1n) is 6.67. The standard InChI is InChI=1S/C15H18N2O/c18-15(16-10-9-12-7-8-12)17-11-3-5-13-4-1-2-6-14(13)17/h1-2,4,6,9-10,12H,3,5,7-8,11H2,(H,16,18)/b10-9+. The summed E-state index contributed by atoms with van der Waals surface area (Å²) in [5, 5.41) is 2.87. The molecule has 1 heterocycles. The zero-order valence-electron chi connectivity index (χ0n) is 10.4. The van der Waals surface area contributed by atoms with E-state index in [0.29, 0.717) is 5.92 Å². The number of carbonyl (C=O) groups is 1. The van der Waals surface area contributed by atoms with Crippen molar-refractivity contribution in [2.24, 2.45) is 5.92 Å². The summed E-state index contributed by atoms with van der Waals surface area (Å²) < 4.78 is 0. The van der Waals surface area contributed by atoms with E-state index in [1.807, 2.05) is 23.1 Å². The lowest BCUT2D eigenvalue weighted by Crippen LogP contribution is -2.40. The number of allylic oxidation sites excluding steroid dienone is 1. The number of benzene rings is 1. The summed E-state index contributed by atoms with van der Waals surface area (Å²) in [7, 11) is 0. The van der Waals surface area contributed by atoms with Crippen molar-refractivity contribution >= 4 is 11.7 Å². The molecule has 1 aromatic carbocycles. The van der Waals surface area contributed by atoms with Crippen LogP contribution in [0.2, 0.25) is 0 Å². The summed E-state index contributed by atoms with van der Waals surface area (Å²) in [6.07, 6.45) is 8.53. The fourth-order valence-electron chi connectivity index (χ4n) is 2.37. The molecule has 0 aromatic heterocycles. The van der Waals surface area contributed by atoms with Crippen molar-refractivity contribution < 1.29 is 4.79 Å². The third kappa shape index (κ3) is 2.40. The number of anilines is 1. The van der Waals surface area contributed by atoms with Gasteiger partial charge in [-0.05, 0) is 43.2 Å². The molecular formula is C15H18N2O. The summed E-state index contributed by atoms with van der Waals surface area (Å²) in [6, 6.07) is 8.14. The van der Waals surface area contributed by atoms with Crippen molar-refractivity contribution in [2.75, 3.05) is 11.4 Å². The Kier molecular flexibility index (Phi) is 3.05. The monoisotopic (exact) mass is 242 g/mol. The SMILES string of the molecule is O=C(N/C=C/C1CC1)N1CCCc2ccccc21. The number of rotatable bonds is 2. The van der Waals surface area contributed by atoms with Gasteiger partial charge >= 0.3 is 6.03 Å². The molecule has 0 unspecified atom stereocenters. The van der Waals surface area contributed by atoms with Crippen LogP contribution in [0, 0.1) is 5.92 Å². The van der Waals surface area contributed by atoms with E-state index in [-0.39, 0.29) is 6.03 Å². The Hall–Kier alpha value is -1.77. The van der Waals surface area contributed by atoms with Crippen LogP contribution in [-0.4, -0.2) is 12.6 Å². The number of para-hydroxylation sites is 1. The van der Waals surface area contributed by atoms with E-state index >= 15 is 0 Å². The molecule has 1 N–H and O–H groups in total. The Morgan fingerprint density at radius 1 is 1.33 bits per heavy atom. The Balaban J connectivity index is 1.70. The third-order valence-corrected chi connectivity index (χ3v) is 3.55. The van der Waals surface area contributed by atoms with E-state index in [1.165, 1.54) is 18.4 Å². The zero-order valence-corrected chi connectivity index (χ0v) is 10.4. The number of nitrogens with one attached hydrogen (secondary N) is 1. The van der Waals surface area contributed by atoms with Crippen molar-refractivity contribution in [3.8, 4) is 0 Å². The van der Waals surface area contributed by atoms with Gasteiger partial charge in [0.25, 0.3) is 0 Å². The van der Waals surface area contributed by atoms with Crippen LogP contribution in [0.25, 0.3) is 0 Å². The number of fused-ring (bicyclic) bond motifs is 1. The van der Waals surface area contributed by atoms with E-state index in [9.17, 15) is 4.79 Å². The molecule has 1 aliphatic heterocycles. The molecule has 1 fully saturated rings. The molecule has 3 rings (SSSR count). The average Bonchev–Trinajstić information content (AvgIpc) is 3.22. The highest BCUT2D eigenvalue weighted by atomic mass is 16.2. The van der Waals surface area contributed by atoms with Crippen LogP contribution < -0.4 is 10.2 Å². The van der Waals surface area contributed by atoms with E-state index in [0.717, 1.165) is 25.1 Å². The van der Waals surface area contributed by atoms with Crippen molar-refractivity contribution in [3.63, 3.8) is 0 Å². The summed E-state index contributed by atoms with van der Waals surface area (Å²) in [5.41, 5.74) is 2.33. The van der Waals surface area contributed by atoms with Crippen molar-refractivity contribution in [1.29, 1.82) is 0 Å². The normalized spacial score (nSPS) is 18.8. The molecule has 0 bridgehead atoms. The van der Waals surface area contributed by atoms with Crippen LogP contribution >= 0.6 is 0 Å². The number of carbonyl (C=O) groups excluding carboxylic acids is 1. The van der Waals surface area contributed by atoms with E-state index in [1.54, 1.807) is 6.20 Å². The number of amides is 2. The van der Waals surface area contributed by atoms with Crippen LogP contribution in [0.3, 0.4) is 0 Å². The molecule has 3 heteroatoms. The first kappa shape index (κ1) is 11.3. The van der Waals surface area contributed by atoms with Gasteiger partial charge in [-0.1, -0.05) is 24.3 Å². The zero-order chi connectivity index (χ0) is 12.4. The minimum Gasteiger partial charge on any atom is -0.315 e. The van der Waals surface area contributed by atoms with E-state index < -0.39 is 0 Å². The summed E-state index contributed by atoms with van der Waals surface area (Å²) >= 11 is 0. The highest BCUT2D eigenvalue weighted by molar-refractivity contribution is 5.93. The third-order valence-electron chi connectivity index (χ3n) is 3.55. The highest BCUT2D eigenvalue weighted by Crippen LogP contribution is 2.30. The Bertz CT molecular complexity index is 477. The first-order chi connectivity index (χ1) is 8.84. The quantitative estimate of drug-likeness (QED) is 0.849. The molecule has 2 amide bonds. The predicted octanol–water partition coefficient (Wildman–Crippen LogP) is 3.07. The lowest BCUT2D eigenvalue weighted by atomic mass is 10.0. The lowest BCUT2D eigenvalue weighted by molar-refractivity contribution is 0.249. The largest absolute Gasteiger partial charge is 0.325 e. The minimum atomic E-state index is -0.0148. The van der Waals surface area contributed by atoms with Gasteiger partial charge in [-0.15, -0.1) is 0 Å². The molecule has 0 radical (unpaired) electrons. The van der Waals surface area contributed by atoms with Gasteiger partial charge in [-0.2, -0.15) is 0 Å². The molecule has 0 atom stereocenters. The average molecular weight is 242 g/mol. The smallest absolute Gasteiger partial charge is 0.315 e. The first-order valence-corrected chi connectivity index (χ1v) is 6.67. The van der Waals surface area contributed by atoms with Gasteiger partial charge in [-0.25, -0.2) is 4.79 Å². The Labute approximate surface area is 107 Å². The maximum absolute atomic E-state index is 12.1. The molecular weight excluding hydrogens is 224 g/mol. The van der Waals surface area contributed by atoms with Gasteiger partial charge in [0.15, 0.2) is 0 Å². The molecule has 1 aromatic rings. The van der Waals surface area contributed by atoms with Crippen molar-refractivity contribution in [2.45, 2.75) is 25.7 Å². The van der Waals surface area contributed by atoms with Crippen LogP contribution in [0.4, 0.5) is 10.5 Å². The second-order valence-corrected chi connectivity index (χ2v) is 5.03. The van der Waals surface area contributed by atoms with Crippen LogP contribution in [0.1, 0.15) is 24.8 Å². The topological polar surface area (TPSA) is 32.3 Å². The second kappa shape index (κ2) is 4.84. The van der Waals surface area contributed by atoms with Crippen molar-refractivity contribution in [1.82, 2.24) is 5.32 Å². The molecule has 18 heavy (non-hydrogen) atoms. The van der Waals surface area contributed by atoms with Crippen molar-refractivity contribution in [3.05, 3.63) is 42.1 Å². The number of hydrogen-bond acceptors (Lipinski definition) is 1. The minimum absolute atomic E-state index is 0.0148. The van der Waals surface area contributed by atoms with Gasteiger partial charge in [0.05, 0.1) is 0 Å². The van der Waals surface area contributed by atoms with Crippen LogP contribution in [-0.2, 0) is 6.42 Å². The van der Waals surface area contributed by atoms with Gasteiger partial charge < -0.3 is 5.32 Å². The molecule has 1 aliphatic carbocycles. The van der Waals surface area contributed by atoms with Gasteiger partial charge in [0, 0.05) is 18.4 Å². The molecule has 1 saturated carbocycles. The Morgan fingerprint density at radius 2 is 2.17 bits per heavy atom. The summed E-state index contributed by atoms with van der Waals surface area (Å²) in [6.45, 7) is 0.806. The summed E-state index contributed by atoms with van der Waals surface area (Å²) in [5.74, 6) is 0.693. The van der Waals surface area contributed by atoms with E-state index in [2.05, 4.69) is 17.5 Å². The Morgan fingerprint density at radius 3 is 3.00 bits per heavy atom. The molecule has 2 aliphatic rings. The van der Waals surface area contributed by atoms with E-state index in [4.69, 9.17) is 0 Å². The fourth-order valence-corrected chi connectivity index (χ4v) is 2.37.